The van der Waals surface area contributed by atoms with Crippen LogP contribution in [0.1, 0.15) is 6.42 Å². The minimum Gasteiger partial charge on any atom is -0.497 e. The normalized spacial score (nSPS) is 11.0. The van der Waals surface area contributed by atoms with E-state index >= 15 is 0 Å². The van der Waals surface area contributed by atoms with Gasteiger partial charge in [0.15, 0.2) is 0 Å². The molecule has 0 spiro atoms. The van der Waals surface area contributed by atoms with Gasteiger partial charge in [0.1, 0.15) is 11.6 Å². The summed E-state index contributed by atoms with van der Waals surface area (Å²) in [5.74, 6) is 0.676. The van der Waals surface area contributed by atoms with Crippen molar-refractivity contribution in [2.45, 2.75) is 11.3 Å². The fourth-order valence-electron chi connectivity index (χ4n) is 1.78. The van der Waals surface area contributed by atoms with E-state index < -0.39 is 10.0 Å². The maximum Gasteiger partial charge on any atom is 0.240 e. The Morgan fingerprint density at radius 1 is 1.17 bits per heavy atom. The monoisotopic (exact) mass is 335 g/mol. The number of hydrogen-bond acceptors (Lipinski definition) is 5. The smallest absolute Gasteiger partial charge is 0.240 e. The van der Waals surface area contributed by atoms with E-state index in [1.54, 1.807) is 36.5 Å². The summed E-state index contributed by atoms with van der Waals surface area (Å²) in [7, 11) is -2.15. The second-order valence-electron chi connectivity index (χ2n) is 4.59. The first-order valence-electron chi connectivity index (χ1n) is 6.86. The molecule has 0 fully saturated rings. The summed E-state index contributed by atoms with van der Waals surface area (Å²) in [5.41, 5.74) is 0. The SMILES string of the molecule is COc1ccc(S(=O)(=O)NCCC(=O)Nc2ccccn2)cc1. The van der Waals surface area contributed by atoms with Gasteiger partial charge in [0.05, 0.1) is 12.0 Å². The number of pyridine rings is 1. The molecule has 0 aliphatic rings. The molecule has 23 heavy (non-hydrogen) atoms. The van der Waals surface area contributed by atoms with Crippen molar-refractivity contribution in [1.29, 1.82) is 0 Å². The van der Waals surface area contributed by atoms with Gasteiger partial charge in [-0.2, -0.15) is 0 Å². The van der Waals surface area contributed by atoms with Gasteiger partial charge < -0.3 is 10.1 Å². The molecule has 1 heterocycles. The third kappa shape index (κ3) is 5.04. The fraction of sp³-hybridized carbons (Fsp3) is 0.200. The second kappa shape index (κ2) is 7.70. The van der Waals surface area contributed by atoms with Crippen molar-refractivity contribution in [2.24, 2.45) is 0 Å². The molecule has 8 heteroatoms. The number of ether oxygens (including phenoxy) is 1. The van der Waals surface area contributed by atoms with E-state index in [-0.39, 0.29) is 23.8 Å². The average Bonchev–Trinajstić information content (AvgIpc) is 2.55. The Morgan fingerprint density at radius 3 is 2.52 bits per heavy atom. The largest absolute Gasteiger partial charge is 0.497 e. The molecular formula is C15H17N3O4S. The highest BCUT2D eigenvalue weighted by Crippen LogP contribution is 2.15. The highest BCUT2D eigenvalue weighted by atomic mass is 32.2. The van der Waals surface area contributed by atoms with Crippen LogP contribution in [0.25, 0.3) is 0 Å². The number of carbonyl (C=O) groups excluding carboxylic acids is 1. The second-order valence-corrected chi connectivity index (χ2v) is 6.35. The van der Waals surface area contributed by atoms with E-state index in [9.17, 15) is 13.2 Å². The van der Waals surface area contributed by atoms with E-state index in [2.05, 4.69) is 15.0 Å². The van der Waals surface area contributed by atoms with Gasteiger partial charge in [-0.05, 0) is 36.4 Å². The molecule has 2 aromatic rings. The number of amides is 1. The van der Waals surface area contributed by atoms with E-state index in [0.717, 1.165) is 0 Å². The number of carbonyl (C=O) groups is 1. The van der Waals surface area contributed by atoms with Crippen LogP contribution in [-0.4, -0.2) is 33.0 Å². The van der Waals surface area contributed by atoms with Gasteiger partial charge in [-0.3, -0.25) is 4.79 Å². The highest BCUT2D eigenvalue weighted by Gasteiger charge is 2.14. The van der Waals surface area contributed by atoms with E-state index in [0.29, 0.717) is 11.6 Å². The van der Waals surface area contributed by atoms with Crippen molar-refractivity contribution in [3.8, 4) is 5.75 Å². The van der Waals surface area contributed by atoms with Crippen molar-refractivity contribution in [1.82, 2.24) is 9.71 Å². The van der Waals surface area contributed by atoms with Crippen LogP contribution in [0.2, 0.25) is 0 Å². The Labute approximate surface area is 134 Å². The van der Waals surface area contributed by atoms with Crippen molar-refractivity contribution in [3.63, 3.8) is 0 Å². The molecule has 0 saturated heterocycles. The third-order valence-corrected chi connectivity index (χ3v) is 4.42. The Bertz CT molecular complexity index is 746. The number of aromatic nitrogens is 1. The van der Waals surface area contributed by atoms with Gasteiger partial charge in [0.25, 0.3) is 0 Å². The van der Waals surface area contributed by atoms with Crippen LogP contribution < -0.4 is 14.8 Å². The lowest BCUT2D eigenvalue weighted by atomic mass is 10.3. The minimum atomic E-state index is -3.65. The molecule has 0 radical (unpaired) electrons. The lowest BCUT2D eigenvalue weighted by Crippen LogP contribution is -2.27. The zero-order chi connectivity index (χ0) is 16.7. The molecule has 1 aromatic heterocycles. The predicted octanol–water partition coefficient (Wildman–Crippen LogP) is 1.40. The zero-order valence-electron chi connectivity index (χ0n) is 12.5. The molecule has 2 N–H and O–H groups in total. The fourth-order valence-corrected chi connectivity index (χ4v) is 2.81. The summed E-state index contributed by atoms with van der Waals surface area (Å²) in [5, 5.41) is 2.58. The first-order valence-corrected chi connectivity index (χ1v) is 8.34. The summed E-state index contributed by atoms with van der Waals surface area (Å²) in [6.45, 7) is -0.00692. The number of rotatable bonds is 7. The zero-order valence-corrected chi connectivity index (χ0v) is 13.3. The van der Waals surface area contributed by atoms with E-state index in [1.165, 1.54) is 19.2 Å². The van der Waals surface area contributed by atoms with Crippen LogP contribution in [0.4, 0.5) is 5.82 Å². The standard InChI is InChI=1S/C15H17N3O4S/c1-22-12-5-7-13(8-6-12)23(20,21)17-11-9-15(19)18-14-4-2-3-10-16-14/h2-8,10,17H,9,11H2,1H3,(H,16,18,19). The molecule has 0 aliphatic heterocycles. The molecule has 0 bridgehead atoms. The number of benzene rings is 1. The Hall–Kier alpha value is -2.45. The van der Waals surface area contributed by atoms with Gasteiger partial charge in [-0.15, -0.1) is 0 Å². The number of methoxy groups -OCH3 is 1. The molecule has 122 valence electrons. The number of hydrogen-bond donors (Lipinski definition) is 2. The quantitative estimate of drug-likeness (QED) is 0.797. The Balaban J connectivity index is 1.85. The lowest BCUT2D eigenvalue weighted by molar-refractivity contribution is -0.116. The van der Waals surface area contributed by atoms with Gasteiger partial charge in [0.2, 0.25) is 15.9 Å². The molecule has 2 rings (SSSR count). The van der Waals surface area contributed by atoms with Crippen LogP contribution in [0, 0.1) is 0 Å². The molecule has 0 saturated carbocycles. The molecule has 0 atom stereocenters. The van der Waals surface area contributed by atoms with Crippen molar-refractivity contribution in [2.75, 3.05) is 19.0 Å². The summed E-state index contributed by atoms with van der Waals surface area (Å²) < 4.78 is 31.5. The summed E-state index contributed by atoms with van der Waals surface area (Å²) in [4.78, 5) is 15.8. The molecular weight excluding hydrogens is 318 g/mol. The van der Waals surface area contributed by atoms with Crippen molar-refractivity contribution >= 4 is 21.7 Å². The Morgan fingerprint density at radius 2 is 1.91 bits per heavy atom. The predicted molar refractivity (Wildman–Crippen MR) is 85.7 cm³/mol. The number of sulfonamides is 1. The van der Waals surface area contributed by atoms with Crippen LogP contribution in [0.5, 0.6) is 5.75 Å². The van der Waals surface area contributed by atoms with Crippen LogP contribution in [0.15, 0.2) is 53.6 Å². The van der Waals surface area contributed by atoms with Gasteiger partial charge in [-0.25, -0.2) is 18.1 Å². The molecule has 1 amide bonds. The highest BCUT2D eigenvalue weighted by molar-refractivity contribution is 7.89. The number of anilines is 1. The molecule has 0 unspecified atom stereocenters. The van der Waals surface area contributed by atoms with E-state index in [4.69, 9.17) is 4.74 Å². The summed E-state index contributed by atoms with van der Waals surface area (Å²) >= 11 is 0. The van der Waals surface area contributed by atoms with Crippen LogP contribution in [-0.2, 0) is 14.8 Å². The molecule has 0 aliphatic carbocycles. The first kappa shape index (κ1) is 16.9. The molecule has 7 nitrogen and oxygen atoms in total. The van der Waals surface area contributed by atoms with Gasteiger partial charge in [0, 0.05) is 19.2 Å². The number of nitrogens with zero attached hydrogens (tertiary/aromatic N) is 1. The third-order valence-electron chi connectivity index (χ3n) is 2.95. The topological polar surface area (TPSA) is 97.4 Å². The summed E-state index contributed by atoms with van der Waals surface area (Å²) in [6, 6.07) is 11.1. The maximum absolute atomic E-state index is 12.1. The van der Waals surface area contributed by atoms with Crippen molar-refractivity contribution < 1.29 is 17.9 Å². The van der Waals surface area contributed by atoms with Crippen LogP contribution >= 0.6 is 0 Å². The van der Waals surface area contributed by atoms with E-state index in [1.807, 2.05) is 0 Å². The summed E-state index contributed by atoms with van der Waals surface area (Å²) in [6.07, 6.45) is 1.56. The first-order chi connectivity index (χ1) is 11.0. The van der Waals surface area contributed by atoms with Crippen LogP contribution in [0.3, 0.4) is 0 Å². The number of nitrogens with one attached hydrogen (secondary N) is 2. The molecule has 1 aromatic carbocycles. The van der Waals surface area contributed by atoms with Crippen molar-refractivity contribution in [3.05, 3.63) is 48.7 Å². The average molecular weight is 335 g/mol. The Kier molecular flexibility index (Phi) is 5.67. The minimum absolute atomic E-state index is 0.00591. The van der Waals surface area contributed by atoms with Gasteiger partial charge >= 0.3 is 0 Å². The lowest BCUT2D eigenvalue weighted by Gasteiger charge is -2.08. The maximum atomic E-state index is 12.1. The van der Waals surface area contributed by atoms with Gasteiger partial charge in [-0.1, -0.05) is 6.07 Å².